The van der Waals surface area contributed by atoms with Crippen LogP contribution in [-0.2, 0) is 35.2 Å². The summed E-state index contributed by atoms with van der Waals surface area (Å²) in [5.74, 6) is 0. The summed E-state index contributed by atoms with van der Waals surface area (Å²) in [6, 6.07) is 9.25. The Labute approximate surface area is 213 Å². The van der Waals surface area contributed by atoms with Crippen LogP contribution >= 0.6 is 23.2 Å². The maximum absolute atomic E-state index is 7.59. The van der Waals surface area contributed by atoms with Crippen LogP contribution in [0.1, 0.15) is 72.2 Å². The summed E-state index contributed by atoms with van der Waals surface area (Å²) in [4.78, 5) is 0. The van der Waals surface area contributed by atoms with Gasteiger partial charge in [0.2, 0.25) is 0 Å². The summed E-state index contributed by atoms with van der Waals surface area (Å²) in [6.07, 6.45) is 0. The van der Waals surface area contributed by atoms with Gasteiger partial charge in [-0.05, 0) is 122 Å². The second kappa shape index (κ2) is 7.87. The standard InChI is InChI=1S/C26H30Cl2Si.Zr/c1-13-9-21-17(5)19(7)25(27,23(21)11-15(13)3)29-26(28)20(8)18(6)22-10-14(2)16(4)12-24(22)26;/h9-12H,29H2,1-8H3;. The number of halogens is 2. The quantitative estimate of drug-likeness (QED) is 0.284. The van der Waals surface area contributed by atoms with Gasteiger partial charge < -0.3 is 0 Å². The van der Waals surface area contributed by atoms with E-state index in [1.807, 2.05) is 0 Å². The number of allylic oxidation sites excluding steroid dienone is 4. The Morgan fingerprint density at radius 1 is 0.567 bits per heavy atom. The Bertz CT molecular complexity index is 1050. The average Bonchev–Trinajstić information content (AvgIpc) is 2.94. The number of hydrogen-bond acceptors (Lipinski definition) is 0. The minimum absolute atomic E-state index is 0. The molecule has 2 atom stereocenters. The first-order valence-corrected chi connectivity index (χ1v) is 12.6. The zero-order valence-electron chi connectivity index (χ0n) is 19.3. The Morgan fingerprint density at radius 3 is 1.20 bits per heavy atom. The molecule has 0 spiro atoms. The van der Waals surface area contributed by atoms with Crippen LogP contribution in [0.3, 0.4) is 0 Å². The summed E-state index contributed by atoms with van der Waals surface area (Å²) in [7, 11) is -1.05. The molecular formula is C26H30Cl2SiZr. The Morgan fingerprint density at radius 2 is 0.867 bits per heavy atom. The molecule has 4 rings (SSSR count). The molecule has 0 saturated heterocycles. The predicted octanol–water partition coefficient (Wildman–Crippen LogP) is 7.18. The van der Waals surface area contributed by atoms with E-state index in [1.165, 1.54) is 66.8 Å². The van der Waals surface area contributed by atoms with E-state index in [0.29, 0.717) is 0 Å². The molecule has 30 heavy (non-hydrogen) atoms. The molecule has 2 aliphatic rings. The molecule has 0 saturated carbocycles. The van der Waals surface area contributed by atoms with Gasteiger partial charge in [0.05, 0.1) is 18.5 Å². The van der Waals surface area contributed by atoms with E-state index in [9.17, 15) is 0 Å². The molecular weight excluding hydrogens is 503 g/mol. The third kappa shape index (κ3) is 3.24. The van der Waals surface area contributed by atoms with Crippen molar-refractivity contribution < 1.29 is 26.2 Å². The van der Waals surface area contributed by atoms with Crippen molar-refractivity contribution in [2.75, 3.05) is 0 Å². The third-order valence-electron chi connectivity index (χ3n) is 7.73. The predicted molar refractivity (Wildman–Crippen MR) is 132 cm³/mol. The fraction of sp³-hybridized carbons (Fsp3) is 0.385. The van der Waals surface area contributed by atoms with E-state index in [2.05, 4.69) is 79.7 Å². The van der Waals surface area contributed by atoms with Crippen molar-refractivity contribution in [2.45, 2.75) is 64.4 Å². The smallest absolute Gasteiger partial charge is 0.0923 e. The summed E-state index contributed by atoms with van der Waals surface area (Å²) in [5, 5.41) is 0. The van der Waals surface area contributed by atoms with Crippen molar-refractivity contribution in [1.29, 1.82) is 0 Å². The molecule has 0 fully saturated rings. The second-order valence-corrected chi connectivity index (χ2v) is 13.9. The van der Waals surface area contributed by atoms with Gasteiger partial charge in [0.15, 0.2) is 0 Å². The van der Waals surface area contributed by atoms with Crippen LogP contribution < -0.4 is 0 Å². The van der Waals surface area contributed by atoms with Crippen molar-refractivity contribution in [3.05, 3.63) is 79.9 Å². The van der Waals surface area contributed by atoms with Crippen molar-refractivity contribution >= 4 is 43.9 Å². The largest absolute Gasteiger partial charge is 0.114 e. The van der Waals surface area contributed by atoms with Gasteiger partial charge in [-0.1, -0.05) is 24.3 Å². The third-order valence-corrected chi connectivity index (χ3v) is 12.3. The molecule has 2 unspecified atom stereocenters. The normalized spacial score (nSPS) is 25.3. The Kier molecular flexibility index (Phi) is 6.36. The molecule has 0 aliphatic heterocycles. The number of aryl methyl sites for hydroxylation is 4. The van der Waals surface area contributed by atoms with Crippen molar-refractivity contribution in [1.82, 2.24) is 0 Å². The first kappa shape index (κ1) is 24.2. The fourth-order valence-electron chi connectivity index (χ4n) is 5.10. The van der Waals surface area contributed by atoms with Gasteiger partial charge in [-0.2, -0.15) is 0 Å². The van der Waals surface area contributed by atoms with Crippen LogP contribution in [0, 0.1) is 27.7 Å². The summed E-state index contributed by atoms with van der Waals surface area (Å²) < 4.78 is -0.914. The van der Waals surface area contributed by atoms with Gasteiger partial charge in [0, 0.05) is 26.2 Å². The van der Waals surface area contributed by atoms with E-state index in [4.69, 9.17) is 23.2 Å². The maximum Gasteiger partial charge on any atom is 0.0923 e. The van der Waals surface area contributed by atoms with E-state index < -0.39 is 18.5 Å². The van der Waals surface area contributed by atoms with E-state index in [-0.39, 0.29) is 26.2 Å². The van der Waals surface area contributed by atoms with Gasteiger partial charge in [-0.3, -0.25) is 0 Å². The molecule has 0 radical (unpaired) electrons. The van der Waals surface area contributed by atoms with Crippen LogP contribution in [0.15, 0.2) is 35.4 Å². The van der Waals surface area contributed by atoms with Crippen molar-refractivity contribution in [3.63, 3.8) is 0 Å². The molecule has 156 valence electrons. The van der Waals surface area contributed by atoms with Crippen LogP contribution in [-0.4, -0.2) is 9.52 Å². The van der Waals surface area contributed by atoms with Crippen LogP contribution in [0.4, 0.5) is 0 Å². The zero-order valence-corrected chi connectivity index (χ0v) is 24.7. The SMILES string of the molecule is CC1=C(C)C(Cl)([SiH2]C2(Cl)C(C)=C(C)c3cc(C)c(C)cc32)c2cc(C)c(C)cc21.[Zr]. The van der Waals surface area contributed by atoms with E-state index >= 15 is 0 Å². The molecule has 0 amide bonds. The monoisotopic (exact) mass is 530 g/mol. The maximum atomic E-state index is 7.59. The average molecular weight is 533 g/mol. The van der Waals surface area contributed by atoms with E-state index in [1.54, 1.807) is 0 Å². The molecule has 2 aliphatic carbocycles. The first-order chi connectivity index (χ1) is 13.4. The van der Waals surface area contributed by atoms with Crippen molar-refractivity contribution in [3.8, 4) is 0 Å². The number of benzene rings is 2. The number of fused-ring (bicyclic) bond motifs is 2. The van der Waals surface area contributed by atoms with Crippen molar-refractivity contribution in [2.24, 2.45) is 0 Å². The summed E-state index contributed by atoms with van der Waals surface area (Å²) in [5.41, 5.74) is 15.6. The van der Waals surface area contributed by atoms with Gasteiger partial charge in [-0.25, -0.2) is 0 Å². The Balaban J connectivity index is 0.00000256. The molecule has 0 N–H and O–H groups in total. The number of rotatable bonds is 2. The molecule has 0 bridgehead atoms. The van der Waals surface area contributed by atoms with Crippen LogP contribution in [0.2, 0.25) is 0 Å². The molecule has 2 aromatic rings. The van der Waals surface area contributed by atoms with Gasteiger partial charge in [0.1, 0.15) is 0 Å². The molecule has 2 aromatic carbocycles. The van der Waals surface area contributed by atoms with Gasteiger partial charge >= 0.3 is 0 Å². The van der Waals surface area contributed by atoms with Crippen LogP contribution in [0.5, 0.6) is 0 Å². The van der Waals surface area contributed by atoms with Gasteiger partial charge in [-0.15, -0.1) is 23.2 Å². The molecule has 4 heteroatoms. The van der Waals surface area contributed by atoms with Gasteiger partial charge in [0.25, 0.3) is 0 Å². The van der Waals surface area contributed by atoms with Crippen LogP contribution in [0.25, 0.3) is 11.1 Å². The zero-order chi connectivity index (χ0) is 21.5. The topological polar surface area (TPSA) is 0 Å². The molecule has 0 heterocycles. The summed E-state index contributed by atoms with van der Waals surface area (Å²) >= 11 is 15.2. The molecule has 0 nitrogen and oxygen atoms in total. The minimum atomic E-state index is -1.05. The summed E-state index contributed by atoms with van der Waals surface area (Å²) in [6.45, 7) is 17.6. The number of alkyl halides is 2. The second-order valence-electron chi connectivity index (χ2n) is 9.24. The van der Waals surface area contributed by atoms with E-state index in [0.717, 1.165) is 0 Å². The molecule has 0 aromatic heterocycles. The minimum Gasteiger partial charge on any atom is -0.114 e. The Hall–Kier alpha value is -0.400. The number of hydrogen-bond donors (Lipinski definition) is 0. The first-order valence-electron chi connectivity index (χ1n) is 10.4. The fourth-order valence-corrected chi connectivity index (χ4v) is 9.80.